The molecule has 0 radical (unpaired) electrons. The van der Waals surface area contributed by atoms with Crippen molar-refractivity contribution in [2.45, 2.75) is 272 Å². The fraction of sp³-hybridized carbons (Fsp3) is 0.440. The van der Waals surface area contributed by atoms with E-state index in [1.54, 1.807) is 81.1 Å². The lowest BCUT2D eigenvalue weighted by Gasteiger charge is -2.28. The third kappa shape index (κ3) is 48.8. The Morgan fingerprint density at radius 1 is 0.360 bits per heavy atom. The molecule has 4 amide bonds. The van der Waals surface area contributed by atoms with Gasteiger partial charge in [0.25, 0.3) is 11.8 Å². The Balaban J connectivity index is 0.000000224. The molecule has 6 aliphatic rings. The highest BCUT2D eigenvalue weighted by Gasteiger charge is 2.34. The molecule has 0 spiro atoms. The molecule has 806 valence electrons. The monoisotopic (exact) mass is 2150 g/mol. The van der Waals surface area contributed by atoms with Crippen LogP contribution in [0.2, 0.25) is 0 Å². The molecular weight excluding hydrogens is 1980 g/mol. The van der Waals surface area contributed by atoms with E-state index < -0.39 is 6.61 Å². The second kappa shape index (κ2) is 68.8. The van der Waals surface area contributed by atoms with E-state index in [2.05, 4.69) is 160 Å². The van der Waals surface area contributed by atoms with Crippen molar-refractivity contribution in [3.8, 4) is 0 Å². The van der Waals surface area contributed by atoms with Crippen molar-refractivity contribution >= 4 is 126 Å². The van der Waals surface area contributed by atoms with Crippen LogP contribution in [0.25, 0.3) is 4.85 Å². The molecule has 18 rings (SSSR count). The van der Waals surface area contributed by atoms with Gasteiger partial charge in [-0.2, -0.15) is 0 Å². The van der Waals surface area contributed by atoms with Crippen LogP contribution in [0.4, 0.5) is 10.1 Å². The summed E-state index contributed by atoms with van der Waals surface area (Å²) >= 11 is 9.69. The maximum atomic E-state index is 12.6. The van der Waals surface area contributed by atoms with Gasteiger partial charge in [0.1, 0.15) is 12.4 Å². The van der Waals surface area contributed by atoms with Gasteiger partial charge >= 0.3 is 0 Å². The van der Waals surface area contributed by atoms with E-state index in [4.69, 9.17) is 17.4 Å². The number of likely N-dealkylation sites (tertiary alicyclic amines) is 6. The number of nitrogens with zero attached hydrogens (tertiary/aromatic N) is 7. The van der Waals surface area contributed by atoms with E-state index in [1.807, 2.05) is 171 Å². The van der Waals surface area contributed by atoms with Crippen molar-refractivity contribution in [2.24, 2.45) is 11.7 Å². The normalized spacial score (nSPS) is 14.7. The first kappa shape index (κ1) is 126. The lowest BCUT2D eigenvalue weighted by molar-refractivity contribution is -0.132. The average Bonchev–Trinajstić information content (AvgIpc) is 1.69. The summed E-state index contributed by atoms with van der Waals surface area (Å²) in [5.41, 5.74) is 23.8. The predicted octanol–water partition coefficient (Wildman–Crippen LogP) is 29.7. The van der Waals surface area contributed by atoms with Crippen molar-refractivity contribution in [1.82, 2.24) is 29.4 Å². The van der Waals surface area contributed by atoms with Crippen molar-refractivity contribution < 1.29 is 52.6 Å². The molecule has 0 aliphatic carbocycles. The first-order chi connectivity index (χ1) is 71.7. The highest BCUT2D eigenvalue weighted by atomic mass is 32.1. The fourth-order valence-electron chi connectivity index (χ4n) is 17.8. The Morgan fingerprint density at radius 2 is 0.687 bits per heavy atom. The molecule has 0 saturated carbocycles. The van der Waals surface area contributed by atoms with Gasteiger partial charge in [-0.25, -0.2) is 9.24 Å². The summed E-state index contributed by atoms with van der Waals surface area (Å²) in [5, 5.41) is 20.0. The van der Waals surface area contributed by atoms with Crippen LogP contribution < -0.4 is 5.73 Å². The zero-order valence-electron chi connectivity index (χ0n) is 92.1. The van der Waals surface area contributed by atoms with Gasteiger partial charge in [-0.05, 0) is 310 Å². The third-order valence-electron chi connectivity index (χ3n) is 25.7. The van der Waals surface area contributed by atoms with Gasteiger partial charge in [0.15, 0.2) is 34.6 Å². The minimum Gasteiger partial charge on any atom is -0.388 e. The van der Waals surface area contributed by atoms with Crippen LogP contribution in [0.1, 0.15) is 307 Å². The Labute approximate surface area is 919 Å². The number of hydrogen-bond donors (Lipinski definition) is 2. The number of aliphatic hydroxyl groups is 1. The molecular formula is C125H163FN8O10S6. The smallest absolute Gasteiger partial charge is 0.255 e. The number of aliphatic hydroxyl groups excluding tert-OH is 1. The quantitative estimate of drug-likeness (QED) is 0.0450. The lowest BCUT2D eigenvalue weighted by atomic mass is 10.0. The van der Waals surface area contributed by atoms with Gasteiger partial charge in [-0.3, -0.25) is 43.2 Å². The second-order valence-corrected chi connectivity index (χ2v) is 46.8. The number of halogens is 1. The number of thiophene rings is 6. The van der Waals surface area contributed by atoms with Gasteiger partial charge in [0.05, 0.1) is 17.7 Å². The van der Waals surface area contributed by atoms with Crippen LogP contribution >= 0.6 is 68.0 Å². The van der Waals surface area contributed by atoms with Crippen LogP contribution in [-0.2, 0) is 16.1 Å². The van der Waals surface area contributed by atoms with Crippen LogP contribution in [0.5, 0.6) is 0 Å². The molecule has 6 fully saturated rings. The first-order valence-electron chi connectivity index (χ1n) is 53.0. The number of rotatable bonds is 23. The fourth-order valence-corrected chi connectivity index (χ4v) is 22.0. The zero-order valence-corrected chi connectivity index (χ0v) is 97.0. The van der Waals surface area contributed by atoms with E-state index in [-0.39, 0.29) is 58.4 Å². The average molecular weight is 2150 g/mol. The summed E-state index contributed by atoms with van der Waals surface area (Å²) in [6.07, 6.45) is 19.7. The van der Waals surface area contributed by atoms with Crippen LogP contribution in [-0.4, -0.2) is 184 Å². The summed E-state index contributed by atoms with van der Waals surface area (Å²) < 4.78 is 12.4. The molecule has 25 heteroatoms. The van der Waals surface area contributed by atoms with Crippen LogP contribution in [0.15, 0.2) is 208 Å². The number of benzene rings is 6. The highest BCUT2D eigenvalue weighted by Crippen LogP contribution is 2.29. The van der Waals surface area contributed by atoms with E-state index in [9.17, 15) is 47.5 Å². The number of nitrogens with two attached hydrogens (primary N) is 1. The number of aryl methyl sites for hydroxylation is 15. The van der Waals surface area contributed by atoms with Gasteiger partial charge in [-0.15, -0.1) is 68.0 Å². The Morgan fingerprint density at radius 3 is 0.987 bits per heavy atom. The number of amides is 4. The molecule has 2 atom stereocenters. The molecule has 6 aromatic carbocycles. The Hall–Kier alpha value is -11.0. The largest absolute Gasteiger partial charge is 0.388 e. The standard InChI is InChI=1S/2C15H22N2OS.C15H21NO2S.C14H19NO2S.C10H14OS.C9H10O.C8H9F.C8H7N.C8H11N.2C8H10.C7H8O2S/c2*1-12-9-13(11-19-12)15(18)17-8-4-5-14(17)10-16-6-2-3-7-16;1-12-10-13(11-19-12)14(17)6-5-7-15(18)16-8-3-2-4-9-16;1-11-9-12(10-18-11)13(16)5-4-6-14(17)15-7-2-3-8-15;1-7(2)4-10(11)9-5-8(3)12-6-9;1-7-4-3-5-9(6-7)8(2)10;1-6-3-7(2)5-8(9)4-6;1-7-4-3-5-8(6-7)9-2;1-7-2-4-8(6-9)5-3-7;2*1-7-4-3-5-8(2)6-7;1-5-2-6(4-10-5)7(9)3-8/h2*9,11,14H,2-8,10H2,1H3;10-11H,2-9H2,1H3;9-10H,2-8H2,1H3;5-7H,4H2,1-3H3;3-6H,1-2H3;3-5H,1-2H3;3-6H,1H3;2-5H,6,9H2,1H3;2*3-6H,1-2H3;2,4,8H,3H2,1H3/t2*14-;;;;;;;;;;/m11........../s1. The Kier molecular flexibility index (Phi) is 57.8. The van der Waals surface area contributed by atoms with Crippen molar-refractivity contribution in [3.63, 3.8) is 0 Å². The molecule has 0 unspecified atom stereocenters. The number of carbonyl (C=O) groups excluding carboxylic acids is 9. The minimum atomic E-state index is -0.393. The van der Waals surface area contributed by atoms with Crippen LogP contribution in [0, 0.1) is 122 Å². The van der Waals surface area contributed by atoms with E-state index in [0.29, 0.717) is 75.1 Å². The maximum absolute atomic E-state index is 12.6. The van der Waals surface area contributed by atoms with E-state index in [1.165, 1.54) is 143 Å². The summed E-state index contributed by atoms with van der Waals surface area (Å²) in [6.45, 7) is 55.4. The Bertz CT molecular complexity index is 5960. The van der Waals surface area contributed by atoms with Crippen molar-refractivity contribution in [3.05, 3.63) is 349 Å². The topological polar surface area (TPSA) is 224 Å². The molecule has 12 aromatic rings. The molecule has 0 bridgehead atoms. The molecule has 6 aliphatic heterocycles. The number of piperidine rings is 1. The van der Waals surface area contributed by atoms with Gasteiger partial charge in [0, 0.05) is 192 Å². The molecule has 3 N–H and O–H groups in total. The van der Waals surface area contributed by atoms with Gasteiger partial charge in [0.2, 0.25) is 11.8 Å². The van der Waals surface area contributed by atoms with Crippen molar-refractivity contribution in [2.75, 3.05) is 85.1 Å². The molecule has 12 heterocycles. The maximum Gasteiger partial charge on any atom is 0.255 e. The predicted molar refractivity (Wildman–Crippen MR) is 627 cm³/mol. The van der Waals surface area contributed by atoms with E-state index in [0.717, 1.165) is 167 Å². The second-order valence-electron chi connectivity index (χ2n) is 40.2. The SMILES string of the molecule is CC(=O)c1cccc(C)c1.Cc1cc(C(=O)CC(C)C)cs1.Cc1cc(C(=O)CCCC(=O)N2CCCC2)cs1.Cc1cc(C(=O)CCCC(=O)N2CCCCC2)cs1.Cc1cc(C(=O)CO)cs1.Cc1cc(C(=O)N2CCC[C@@H]2CN2CCCC2)cs1.Cc1cc(C(=O)N2CCC[C@@H]2CN2CCCC2)cs1.Cc1cc(C)cc(F)c1.Cc1ccc(CN)cc1.Cc1cccc(C)c1.Cc1cccc(C)c1.[C-]#[N+]c1cccc(C)c1. The first-order valence-corrected chi connectivity index (χ1v) is 58.3. The summed E-state index contributed by atoms with van der Waals surface area (Å²) in [7, 11) is 0. The molecule has 18 nitrogen and oxygen atoms in total. The number of Topliss-reactive ketones (excluding diaryl/α,β-unsaturated/α-hetero) is 5. The van der Waals surface area contributed by atoms with E-state index >= 15 is 0 Å². The van der Waals surface area contributed by atoms with Gasteiger partial charge < -0.3 is 40.2 Å². The molecule has 6 saturated heterocycles. The number of carbonyl (C=O) groups is 9. The number of hydrogen-bond acceptors (Lipinski definition) is 19. The lowest BCUT2D eigenvalue weighted by Crippen LogP contribution is -2.42. The summed E-state index contributed by atoms with van der Waals surface area (Å²) in [4.78, 5) is 129. The minimum absolute atomic E-state index is 0.128. The number of ketones is 5. The van der Waals surface area contributed by atoms with Crippen molar-refractivity contribution in [1.29, 1.82) is 0 Å². The third-order valence-corrected chi connectivity index (χ3v) is 30.9. The zero-order chi connectivity index (χ0) is 110. The molecule has 150 heavy (non-hydrogen) atoms. The summed E-state index contributed by atoms with van der Waals surface area (Å²) in [6, 6.07) is 57.8. The summed E-state index contributed by atoms with van der Waals surface area (Å²) in [5.74, 6) is 1.74. The van der Waals surface area contributed by atoms with Gasteiger partial charge in [-0.1, -0.05) is 174 Å². The molecule has 6 aromatic heterocycles. The van der Waals surface area contributed by atoms with Crippen LogP contribution in [0.3, 0.4) is 0 Å². The highest BCUT2D eigenvalue weighted by molar-refractivity contribution is 7.11.